The molecular weight excluding hydrogens is 200 g/mol. The molecule has 1 aliphatic carbocycles. The number of carbonyl (C=O) groups is 1. The molecule has 0 aromatic rings. The molecule has 0 saturated heterocycles. The first-order valence-corrected chi connectivity index (χ1v) is 6.30. The molecule has 2 heteroatoms. The van der Waals surface area contributed by atoms with Crippen molar-refractivity contribution in [1.29, 1.82) is 0 Å². The van der Waals surface area contributed by atoms with Crippen molar-refractivity contribution in [3.8, 4) is 0 Å². The Bertz CT molecular complexity index is 266. The van der Waals surface area contributed by atoms with Crippen molar-refractivity contribution >= 4 is 5.97 Å². The molecule has 1 aliphatic rings. The summed E-state index contributed by atoms with van der Waals surface area (Å²) >= 11 is 0. The maximum atomic E-state index is 11.3. The van der Waals surface area contributed by atoms with Gasteiger partial charge in [-0.3, -0.25) is 4.79 Å². The van der Waals surface area contributed by atoms with E-state index in [0.717, 1.165) is 24.7 Å². The van der Waals surface area contributed by atoms with Crippen molar-refractivity contribution in [3.63, 3.8) is 0 Å². The van der Waals surface area contributed by atoms with Gasteiger partial charge in [-0.05, 0) is 37.5 Å². The monoisotopic (exact) mass is 224 g/mol. The van der Waals surface area contributed by atoms with E-state index < -0.39 is 0 Å². The van der Waals surface area contributed by atoms with E-state index in [0.29, 0.717) is 0 Å². The van der Waals surface area contributed by atoms with Crippen LogP contribution in [0, 0.1) is 17.8 Å². The standard InChI is InChI=1S/C14H24O2/c1-10(2)13-7-5-12(6-8-13)9-11(3)14(15)16-4/h5,10-11,13H,6-9H2,1-4H3/t11-,13+/m0/s1. The highest BCUT2D eigenvalue weighted by Crippen LogP contribution is 2.31. The van der Waals surface area contributed by atoms with Crippen LogP contribution in [0.2, 0.25) is 0 Å². The van der Waals surface area contributed by atoms with Crippen molar-refractivity contribution in [2.24, 2.45) is 17.8 Å². The lowest BCUT2D eigenvalue weighted by atomic mass is 9.80. The van der Waals surface area contributed by atoms with Gasteiger partial charge in [0.1, 0.15) is 0 Å². The summed E-state index contributed by atoms with van der Waals surface area (Å²) in [4.78, 5) is 11.3. The van der Waals surface area contributed by atoms with E-state index in [4.69, 9.17) is 4.74 Å². The van der Waals surface area contributed by atoms with Gasteiger partial charge >= 0.3 is 5.97 Å². The Kier molecular flexibility index (Phi) is 5.04. The van der Waals surface area contributed by atoms with Gasteiger partial charge in [-0.25, -0.2) is 0 Å². The second-order valence-electron chi connectivity index (χ2n) is 5.27. The molecule has 0 aliphatic heterocycles. The molecule has 92 valence electrons. The Morgan fingerprint density at radius 1 is 1.50 bits per heavy atom. The Morgan fingerprint density at radius 2 is 2.19 bits per heavy atom. The van der Waals surface area contributed by atoms with Gasteiger partial charge in [-0.2, -0.15) is 0 Å². The largest absolute Gasteiger partial charge is 0.469 e. The minimum atomic E-state index is -0.0908. The van der Waals surface area contributed by atoms with Gasteiger partial charge in [0.25, 0.3) is 0 Å². The van der Waals surface area contributed by atoms with Crippen molar-refractivity contribution in [1.82, 2.24) is 0 Å². The lowest BCUT2D eigenvalue weighted by Gasteiger charge is -2.25. The minimum absolute atomic E-state index is 0.00634. The van der Waals surface area contributed by atoms with Crippen molar-refractivity contribution in [2.75, 3.05) is 7.11 Å². The summed E-state index contributed by atoms with van der Waals surface area (Å²) in [5, 5.41) is 0. The molecule has 0 spiro atoms. The predicted octanol–water partition coefficient (Wildman–Crippen LogP) is 3.57. The molecule has 0 radical (unpaired) electrons. The molecule has 0 fully saturated rings. The Morgan fingerprint density at radius 3 is 2.62 bits per heavy atom. The molecule has 0 aromatic heterocycles. The Labute approximate surface area is 99.1 Å². The normalized spacial score (nSPS) is 22.8. The van der Waals surface area contributed by atoms with Crippen LogP contribution in [0.4, 0.5) is 0 Å². The van der Waals surface area contributed by atoms with Crippen molar-refractivity contribution < 1.29 is 9.53 Å². The van der Waals surface area contributed by atoms with Crippen LogP contribution in [-0.2, 0) is 9.53 Å². The molecule has 0 aromatic carbocycles. The summed E-state index contributed by atoms with van der Waals surface area (Å²) in [7, 11) is 1.46. The van der Waals surface area contributed by atoms with Crippen LogP contribution in [0.25, 0.3) is 0 Å². The summed E-state index contributed by atoms with van der Waals surface area (Å²) < 4.78 is 4.75. The van der Waals surface area contributed by atoms with Gasteiger partial charge in [-0.15, -0.1) is 0 Å². The second kappa shape index (κ2) is 6.07. The first-order valence-electron chi connectivity index (χ1n) is 6.30. The predicted molar refractivity (Wildman–Crippen MR) is 66.1 cm³/mol. The highest BCUT2D eigenvalue weighted by Gasteiger charge is 2.20. The first-order chi connectivity index (χ1) is 7.54. The van der Waals surface area contributed by atoms with Gasteiger partial charge in [0.15, 0.2) is 0 Å². The Hall–Kier alpha value is -0.790. The number of methoxy groups -OCH3 is 1. The maximum Gasteiger partial charge on any atom is 0.308 e. The fourth-order valence-corrected chi connectivity index (χ4v) is 2.38. The van der Waals surface area contributed by atoms with Crippen LogP contribution in [0.15, 0.2) is 11.6 Å². The first kappa shape index (κ1) is 13.3. The molecule has 0 amide bonds. The van der Waals surface area contributed by atoms with Crippen LogP contribution in [0.3, 0.4) is 0 Å². The van der Waals surface area contributed by atoms with Gasteiger partial charge in [0, 0.05) is 0 Å². The van der Waals surface area contributed by atoms with Gasteiger partial charge in [-0.1, -0.05) is 32.4 Å². The highest BCUT2D eigenvalue weighted by molar-refractivity contribution is 5.72. The molecule has 0 unspecified atom stereocenters. The number of allylic oxidation sites excluding steroid dienone is 2. The molecule has 16 heavy (non-hydrogen) atoms. The number of esters is 1. The highest BCUT2D eigenvalue weighted by atomic mass is 16.5. The average Bonchev–Trinajstić information content (AvgIpc) is 2.28. The lowest BCUT2D eigenvalue weighted by molar-refractivity contribution is -0.144. The van der Waals surface area contributed by atoms with E-state index in [-0.39, 0.29) is 11.9 Å². The summed E-state index contributed by atoms with van der Waals surface area (Å²) in [6.07, 6.45) is 6.83. The molecular formula is C14H24O2. The van der Waals surface area contributed by atoms with E-state index in [2.05, 4.69) is 19.9 Å². The third-order valence-corrected chi connectivity index (χ3v) is 3.66. The summed E-state index contributed by atoms with van der Waals surface area (Å²) in [6.45, 7) is 6.53. The summed E-state index contributed by atoms with van der Waals surface area (Å²) in [5.74, 6) is 1.52. The van der Waals surface area contributed by atoms with Crippen molar-refractivity contribution in [2.45, 2.75) is 46.5 Å². The smallest absolute Gasteiger partial charge is 0.308 e. The van der Waals surface area contributed by atoms with Crippen LogP contribution in [0.5, 0.6) is 0 Å². The minimum Gasteiger partial charge on any atom is -0.469 e. The van der Waals surface area contributed by atoms with Gasteiger partial charge in [0.05, 0.1) is 13.0 Å². The van der Waals surface area contributed by atoms with Crippen LogP contribution in [0.1, 0.15) is 46.5 Å². The number of rotatable bonds is 4. The molecule has 2 nitrogen and oxygen atoms in total. The van der Waals surface area contributed by atoms with Gasteiger partial charge in [0.2, 0.25) is 0 Å². The van der Waals surface area contributed by atoms with Gasteiger partial charge < -0.3 is 4.74 Å². The molecule has 2 atom stereocenters. The topological polar surface area (TPSA) is 26.3 Å². The zero-order valence-electron chi connectivity index (χ0n) is 11.0. The number of hydrogen-bond acceptors (Lipinski definition) is 2. The van der Waals surface area contributed by atoms with Crippen LogP contribution < -0.4 is 0 Å². The third kappa shape index (κ3) is 3.66. The average molecular weight is 224 g/mol. The van der Waals surface area contributed by atoms with Crippen molar-refractivity contribution in [3.05, 3.63) is 11.6 Å². The molecule has 0 N–H and O–H groups in total. The van der Waals surface area contributed by atoms with Crippen LogP contribution in [-0.4, -0.2) is 13.1 Å². The van der Waals surface area contributed by atoms with E-state index >= 15 is 0 Å². The Balaban J connectivity index is 2.43. The van der Waals surface area contributed by atoms with Crippen LogP contribution >= 0.6 is 0 Å². The number of carbonyl (C=O) groups excluding carboxylic acids is 1. The lowest BCUT2D eigenvalue weighted by Crippen LogP contribution is -2.16. The van der Waals surface area contributed by atoms with E-state index in [1.807, 2.05) is 6.92 Å². The van der Waals surface area contributed by atoms with E-state index in [1.165, 1.54) is 25.5 Å². The molecule has 0 bridgehead atoms. The summed E-state index contributed by atoms with van der Waals surface area (Å²) in [5.41, 5.74) is 1.44. The zero-order chi connectivity index (χ0) is 12.1. The quantitative estimate of drug-likeness (QED) is 0.539. The van der Waals surface area contributed by atoms with E-state index in [1.54, 1.807) is 0 Å². The summed E-state index contributed by atoms with van der Waals surface area (Å²) in [6, 6.07) is 0. The second-order valence-corrected chi connectivity index (χ2v) is 5.27. The fourth-order valence-electron chi connectivity index (χ4n) is 2.38. The molecule has 1 rings (SSSR count). The molecule has 0 saturated carbocycles. The maximum absolute atomic E-state index is 11.3. The third-order valence-electron chi connectivity index (χ3n) is 3.66. The number of ether oxygens (including phenoxy) is 1. The SMILES string of the molecule is COC(=O)[C@@H](C)CC1=CC[C@@H](C(C)C)CC1. The molecule has 0 heterocycles. The number of hydrogen-bond donors (Lipinski definition) is 0. The van der Waals surface area contributed by atoms with E-state index in [9.17, 15) is 4.79 Å². The zero-order valence-corrected chi connectivity index (χ0v) is 11.0. The fraction of sp³-hybridized carbons (Fsp3) is 0.786.